The molecule has 2 nitrogen and oxygen atoms in total. The van der Waals surface area contributed by atoms with E-state index in [4.69, 9.17) is 5.84 Å². The minimum atomic E-state index is -0.615. The Balaban J connectivity index is 2.52. The summed E-state index contributed by atoms with van der Waals surface area (Å²) in [7, 11) is 0. The highest BCUT2D eigenvalue weighted by molar-refractivity contribution is 9.10. The molecule has 18 heavy (non-hydrogen) atoms. The standard InChI is InChI=1S/C13H11BrF2N2/c14-11-4-2-1-3-9(11)13(18-17)10-7-8(15)5-6-12(10)16/h1-7,13,18H,17H2. The third-order valence-corrected chi connectivity index (χ3v) is 3.37. The summed E-state index contributed by atoms with van der Waals surface area (Å²) in [6.07, 6.45) is 0. The maximum Gasteiger partial charge on any atom is 0.128 e. The van der Waals surface area contributed by atoms with Crippen LogP contribution in [0.3, 0.4) is 0 Å². The minimum absolute atomic E-state index is 0.171. The fraction of sp³-hybridized carbons (Fsp3) is 0.0769. The number of hydrazine groups is 1. The maximum absolute atomic E-state index is 13.7. The largest absolute Gasteiger partial charge is 0.271 e. The lowest BCUT2D eigenvalue weighted by Crippen LogP contribution is -2.29. The number of halogens is 3. The van der Waals surface area contributed by atoms with Crippen LogP contribution in [0, 0.1) is 11.6 Å². The summed E-state index contributed by atoms with van der Waals surface area (Å²) in [4.78, 5) is 0. The van der Waals surface area contributed by atoms with E-state index in [-0.39, 0.29) is 5.56 Å². The van der Waals surface area contributed by atoms with E-state index in [9.17, 15) is 8.78 Å². The fourth-order valence-corrected chi connectivity index (χ4v) is 2.31. The topological polar surface area (TPSA) is 38.0 Å². The van der Waals surface area contributed by atoms with Crippen molar-refractivity contribution in [3.8, 4) is 0 Å². The fourth-order valence-electron chi connectivity index (χ4n) is 1.79. The zero-order valence-electron chi connectivity index (χ0n) is 9.33. The van der Waals surface area contributed by atoms with Gasteiger partial charge in [0.05, 0.1) is 6.04 Å². The van der Waals surface area contributed by atoms with Crippen molar-refractivity contribution in [1.82, 2.24) is 5.43 Å². The lowest BCUT2D eigenvalue weighted by Gasteiger charge is -2.19. The summed E-state index contributed by atoms with van der Waals surface area (Å²) >= 11 is 3.37. The van der Waals surface area contributed by atoms with Gasteiger partial charge in [-0.3, -0.25) is 5.84 Å². The van der Waals surface area contributed by atoms with E-state index in [0.717, 1.165) is 28.2 Å². The molecule has 0 amide bonds. The van der Waals surface area contributed by atoms with Gasteiger partial charge in [-0.2, -0.15) is 0 Å². The minimum Gasteiger partial charge on any atom is -0.271 e. The van der Waals surface area contributed by atoms with Crippen molar-refractivity contribution in [2.45, 2.75) is 6.04 Å². The van der Waals surface area contributed by atoms with E-state index in [2.05, 4.69) is 21.4 Å². The van der Waals surface area contributed by atoms with Crippen molar-refractivity contribution in [3.63, 3.8) is 0 Å². The van der Waals surface area contributed by atoms with Crippen LogP contribution in [0.1, 0.15) is 17.2 Å². The zero-order chi connectivity index (χ0) is 13.1. The van der Waals surface area contributed by atoms with E-state index in [0.29, 0.717) is 0 Å². The third-order valence-electron chi connectivity index (χ3n) is 2.65. The van der Waals surface area contributed by atoms with Crippen LogP contribution in [-0.4, -0.2) is 0 Å². The first-order valence-electron chi connectivity index (χ1n) is 5.29. The van der Waals surface area contributed by atoms with E-state index < -0.39 is 17.7 Å². The Bertz CT molecular complexity index is 560. The van der Waals surface area contributed by atoms with Gasteiger partial charge < -0.3 is 0 Å². The molecule has 5 heteroatoms. The summed E-state index contributed by atoms with van der Waals surface area (Å²) in [5, 5.41) is 0. The van der Waals surface area contributed by atoms with Gasteiger partial charge in [-0.15, -0.1) is 0 Å². The Hall–Kier alpha value is -1.30. The van der Waals surface area contributed by atoms with E-state index in [1.165, 1.54) is 0 Å². The second-order valence-corrected chi connectivity index (χ2v) is 4.64. The molecule has 94 valence electrons. The summed E-state index contributed by atoms with van der Waals surface area (Å²) < 4.78 is 27.7. The van der Waals surface area contributed by atoms with Crippen LogP contribution >= 0.6 is 15.9 Å². The van der Waals surface area contributed by atoms with Gasteiger partial charge in [0.1, 0.15) is 11.6 Å². The summed E-state index contributed by atoms with van der Waals surface area (Å²) in [6.45, 7) is 0. The van der Waals surface area contributed by atoms with Crippen molar-refractivity contribution >= 4 is 15.9 Å². The Labute approximate surface area is 112 Å². The second kappa shape index (κ2) is 5.56. The molecule has 0 spiro atoms. The molecule has 0 saturated carbocycles. The van der Waals surface area contributed by atoms with Crippen LogP contribution < -0.4 is 11.3 Å². The molecular formula is C13H11BrF2N2. The van der Waals surface area contributed by atoms with Crippen molar-refractivity contribution in [1.29, 1.82) is 0 Å². The third kappa shape index (κ3) is 2.58. The summed E-state index contributed by atoms with van der Waals surface area (Å²) in [5.74, 6) is 4.46. The SMILES string of the molecule is NNC(c1cc(F)ccc1F)c1ccccc1Br. The lowest BCUT2D eigenvalue weighted by molar-refractivity contribution is 0.545. The molecular weight excluding hydrogens is 302 g/mol. The van der Waals surface area contributed by atoms with Crippen molar-refractivity contribution in [2.75, 3.05) is 0 Å². The number of rotatable bonds is 3. The van der Waals surface area contributed by atoms with Gasteiger partial charge in [0, 0.05) is 10.0 Å². The highest BCUT2D eigenvalue weighted by Crippen LogP contribution is 2.29. The number of nitrogens with one attached hydrogen (secondary N) is 1. The number of hydrogen-bond donors (Lipinski definition) is 2. The van der Waals surface area contributed by atoms with Gasteiger partial charge in [0.25, 0.3) is 0 Å². The number of benzene rings is 2. The number of nitrogens with two attached hydrogens (primary N) is 1. The second-order valence-electron chi connectivity index (χ2n) is 3.79. The Morgan fingerprint density at radius 2 is 1.78 bits per heavy atom. The molecule has 2 rings (SSSR count). The van der Waals surface area contributed by atoms with Crippen LogP contribution in [0.2, 0.25) is 0 Å². The first kappa shape index (κ1) is 13.1. The molecule has 0 radical (unpaired) electrons. The summed E-state index contributed by atoms with van der Waals surface area (Å²) in [6, 6.07) is 9.94. The molecule has 0 bridgehead atoms. The van der Waals surface area contributed by atoms with Gasteiger partial charge in [-0.05, 0) is 29.8 Å². The molecule has 1 unspecified atom stereocenters. The molecule has 2 aromatic rings. The predicted molar refractivity (Wildman–Crippen MR) is 69.7 cm³/mol. The molecule has 0 aliphatic rings. The van der Waals surface area contributed by atoms with Crippen LogP contribution in [0.4, 0.5) is 8.78 Å². The molecule has 0 heterocycles. The van der Waals surface area contributed by atoms with Crippen molar-refractivity contribution < 1.29 is 8.78 Å². The van der Waals surface area contributed by atoms with E-state index >= 15 is 0 Å². The smallest absolute Gasteiger partial charge is 0.128 e. The van der Waals surface area contributed by atoms with Crippen molar-refractivity contribution in [2.24, 2.45) is 5.84 Å². The van der Waals surface area contributed by atoms with Crippen LogP contribution in [0.15, 0.2) is 46.9 Å². The Morgan fingerprint density at radius 1 is 1.06 bits per heavy atom. The van der Waals surface area contributed by atoms with Gasteiger partial charge in [-0.25, -0.2) is 14.2 Å². The predicted octanol–water partition coefficient (Wildman–Crippen LogP) is 3.28. The molecule has 2 aromatic carbocycles. The summed E-state index contributed by atoms with van der Waals surface area (Å²) in [5.41, 5.74) is 3.42. The van der Waals surface area contributed by atoms with Gasteiger partial charge in [0.15, 0.2) is 0 Å². The average molecular weight is 313 g/mol. The Morgan fingerprint density at radius 3 is 2.44 bits per heavy atom. The van der Waals surface area contributed by atoms with Gasteiger partial charge in [-0.1, -0.05) is 34.1 Å². The molecule has 0 aliphatic carbocycles. The first-order chi connectivity index (χ1) is 8.63. The number of hydrogen-bond acceptors (Lipinski definition) is 2. The molecule has 0 fully saturated rings. The van der Waals surface area contributed by atoms with Crippen LogP contribution in [0.5, 0.6) is 0 Å². The van der Waals surface area contributed by atoms with Gasteiger partial charge in [0.2, 0.25) is 0 Å². The van der Waals surface area contributed by atoms with E-state index in [1.807, 2.05) is 18.2 Å². The first-order valence-corrected chi connectivity index (χ1v) is 6.08. The molecule has 3 N–H and O–H groups in total. The van der Waals surface area contributed by atoms with E-state index in [1.54, 1.807) is 6.07 Å². The van der Waals surface area contributed by atoms with Gasteiger partial charge >= 0.3 is 0 Å². The monoisotopic (exact) mass is 312 g/mol. The quantitative estimate of drug-likeness (QED) is 0.674. The normalized spacial score (nSPS) is 12.4. The lowest BCUT2D eigenvalue weighted by atomic mass is 9.99. The molecule has 0 aliphatic heterocycles. The molecule has 0 aromatic heterocycles. The van der Waals surface area contributed by atoms with Crippen LogP contribution in [-0.2, 0) is 0 Å². The maximum atomic E-state index is 13.7. The van der Waals surface area contributed by atoms with Crippen LogP contribution in [0.25, 0.3) is 0 Å². The highest BCUT2D eigenvalue weighted by Gasteiger charge is 2.19. The molecule has 0 saturated heterocycles. The Kier molecular flexibility index (Phi) is 4.06. The highest BCUT2D eigenvalue weighted by atomic mass is 79.9. The molecule has 1 atom stereocenters. The van der Waals surface area contributed by atoms with Crippen molar-refractivity contribution in [3.05, 3.63) is 69.7 Å². The zero-order valence-corrected chi connectivity index (χ0v) is 10.9. The average Bonchev–Trinajstić information content (AvgIpc) is 2.36.